The zero-order valence-electron chi connectivity index (χ0n) is 32.9. The van der Waals surface area contributed by atoms with Crippen LogP contribution in [0.1, 0.15) is 0 Å². The lowest BCUT2D eigenvalue weighted by Gasteiger charge is -2.13. The maximum atomic E-state index is 5.25. The summed E-state index contributed by atoms with van der Waals surface area (Å²) in [5.74, 6) is 0. The van der Waals surface area contributed by atoms with Gasteiger partial charge in [0.2, 0.25) is 0 Å². The van der Waals surface area contributed by atoms with E-state index in [1.54, 1.807) is 0 Å². The second-order valence-electron chi connectivity index (χ2n) is 15.8. The van der Waals surface area contributed by atoms with Crippen LogP contribution in [0.2, 0.25) is 0 Å². The van der Waals surface area contributed by atoms with Gasteiger partial charge in [0.1, 0.15) is 0 Å². The Morgan fingerprint density at radius 2 is 0.656 bits per heavy atom. The van der Waals surface area contributed by atoms with Crippen molar-refractivity contribution >= 4 is 76.5 Å². The third-order valence-electron chi connectivity index (χ3n) is 12.4. The Labute approximate surface area is 350 Å². The van der Waals surface area contributed by atoms with Crippen LogP contribution >= 0.6 is 0 Å². The Morgan fingerprint density at radius 3 is 1.26 bits per heavy atom. The number of para-hydroxylation sites is 6. The fourth-order valence-corrected chi connectivity index (χ4v) is 9.73. The van der Waals surface area contributed by atoms with Crippen molar-refractivity contribution in [1.29, 1.82) is 0 Å². The molecule has 284 valence electrons. The Balaban J connectivity index is 1.05. The number of aromatic nitrogens is 5. The lowest BCUT2D eigenvalue weighted by Crippen LogP contribution is -1.98. The minimum atomic E-state index is 0.862. The first-order chi connectivity index (χ1) is 30.3. The van der Waals surface area contributed by atoms with Crippen molar-refractivity contribution in [2.75, 3.05) is 0 Å². The van der Waals surface area contributed by atoms with Crippen LogP contribution in [-0.2, 0) is 0 Å². The molecule has 0 aliphatic rings. The molecule has 0 unspecified atom stereocenters. The summed E-state index contributed by atoms with van der Waals surface area (Å²) in [5.41, 5.74) is 15.9. The molecule has 0 saturated heterocycles. The largest absolute Gasteiger partial charge is 0.309 e. The minimum absolute atomic E-state index is 0.862. The first kappa shape index (κ1) is 33.7. The molecular weight excluding hydrogens is 743 g/mol. The topological polar surface area (TPSA) is 40.6 Å². The lowest BCUT2D eigenvalue weighted by atomic mass is 10.0. The molecule has 5 nitrogen and oxygen atoms in total. The van der Waals surface area contributed by atoms with E-state index >= 15 is 0 Å². The standard InChI is InChI=1S/C56H35N5/c1-3-16-36(17-4-1)55-56(58-48-26-11-10-25-47(48)57-55)37-18-15-21-39(32-37)60-50-28-13-8-23-42(50)45-35-54-46(34-53(45)60)43-24-9-14-29-51(43)61(54)40-30-31-44-41-22-7-12-27-49(41)59(52(44)33-40)38-19-5-2-6-20-38/h1-35H. The molecule has 9 aromatic carbocycles. The van der Waals surface area contributed by atoms with Crippen molar-refractivity contribution in [2.45, 2.75) is 0 Å². The summed E-state index contributed by atoms with van der Waals surface area (Å²) in [5, 5.41) is 7.32. The van der Waals surface area contributed by atoms with E-state index in [0.717, 1.165) is 61.6 Å². The van der Waals surface area contributed by atoms with E-state index in [1.165, 1.54) is 54.4 Å². The minimum Gasteiger partial charge on any atom is -0.309 e. The van der Waals surface area contributed by atoms with E-state index in [1.807, 2.05) is 30.3 Å². The molecule has 0 spiro atoms. The molecule has 4 heterocycles. The van der Waals surface area contributed by atoms with E-state index in [4.69, 9.17) is 9.97 Å². The summed E-state index contributed by atoms with van der Waals surface area (Å²) in [6.07, 6.45) is 0. The van der Waals surface area contributed by atoms with Crippen molar-refractivity contribution in [3.8, 4) is 39.6 Å². The number of fused-ring (bicyclic) bond motifs is 10. The normalized spacial score (nSPS) is 11.9. The highest BCUT2D eigenvalue weighted by atomic mass is 15.0. The molecule has 0 radical (unpaired) electrons. The van der Waals surface area contributed by atoms with Gasteiger partial charge in [-0.15, -0.1) is 0 Å². The number of hydrogen-bond acceptors (Lipinski definition) is 2. The van der Waals surface area contributed by atoms with Crippen molar-refractivity contribution in [1.82, 2.24) is 23.7 Å². The summed E-state index contributed by atoms with van der Waals surface area (Å²) in [7, 11) is 0. The number of nitrogens with zero attached hydrogens (tertiary/aromatic N) is 5. The first-order valence-corrected chi connectivity index (χ1v) is 20.8. The quantitative estimate of drug-likeness (QED) is 0.175. The third kappa shape index (κ3) is 5.08. The van der Waals surface area contributed by atoms with Gasteiger partial charge >= 0.3 is 0 Å². The van der Waals surface area contributed by atoms with Crippen LogP contribution in [0, 0.1) is 0 Å². The zero-order valence-corrected chi connectivity index (χ0v) is 32.9. The third-order valence-corrected chi connectivity index (χ3v) is 12.4. The molecule has 0 aliphatic heterocycles. The number of hydrogen-bond donors (Lipinski definition) is 0. The second kappa shape index (κ2) is 13.1. The van der Waals surface area contributed by atoms with Crippen molar-refractivity contribution in [2.24, 2.45) is 0 Å². The predicted octanol–water partition coefficient (Wildman–Crippen LogP) is 14.3. The van der Waals surface area contributed by atoms with Gasteiger partial charge in [0.05, 0.1) is 55.5 Å². The highest BCUT2D eigenvalue weighted by molar-refractivity contribution is 6.19. The molecular formula is C56H35N5. The molecule has 5 heteroatoms. The molecule has 13 aromatic rings. The van der Waals surface area contributed by atoms with Gasteiger partial charge in [0.25, 0.3) is 0 Å². The second-order valence-corrected chi connectivity index (χ2v) is 15.8. The molecule has 0 saturated carbocycles. The molecule has 0 atom stereocenters. The Morgan fingerprint density at radius 1 is 0.246 bits per heavy atom. The Bertz CT molecular complexity index is 3870. The molecule has 61 heavy (non-hydrogen) atoms. The van der Waals surface area contributed by atoms with Gasteiger partial charge in [-0.3, -0.25) is 0 Å². The predicted molar refractivity (Wildman–Crippen MR) is 253 cm³/mol. The van der Waals surface area contributed by atoms with Crippen LogP contribution in [0.3, 0.4) is 0 Å². The van der Waals surface area contributed by atoms with Crippen molar-refractivity contribution in [3.05, 3.63) is 212 Å². The zero-order chi connectivity index (χ0) is 40.0. The van der Waals surface area contributed by atoms with Crippen LogP contribution in [0.4, 0.5) is 0 Å². The maximum absolute atomic E-state index is 5.25. The van der Waals surface area contributed by atoms with Crippen LogP contribution in [-0.4, -0.2) is 23.7 Å². The molecule has 13 rings (SSSR count). The van der Waals surface area contributed by atoms with Crippen LogP contribution in [0.25, 0.3) is 116 Å². The van der Waals surface area contributed by atoms with Gasteiger partial charge in [-0.1, -0.05) is 133 Å². The summed E-state index contributed by atoms with van der Waals surface area (Å²) in [4.78, 5) is 10.4. The Hall–Kier alpha value is -8.28. The Kier molecular flexibility index (Phi) is 7.24. The molecule has 0 bridgehead atoms. The fourth-order valence-electron chi connectivity index (χ4n) is 9.73. The highest BCUT2D eigenvalue weighted by Gasteiger charge is 2.21. The van der Waals surface area contributed by atoms with Gasteiger partial charge in [-0.05, 0) is 78.9 Å². The molecule has 0 N–H and O–H groups in total. The van der Waals surface area contributed by atoms with Gasteiger partial charge in [-0.25, -0.2) is 9.97 Å². The van der Waals surface area contributed by atoms with E-state index < -0.39 is 0 Å². The van der Waals surface area contributed by atoms with Crippen molar-refractivity contribution in [3.63, 3.8) is 0 Å². The van der Waals surface area contributed by atoms with Gasteiger partial charge in [0.15, 0.2) is 0 Å². The molecule has 0 amide bonds. The van der Waals surface area contributed by atoms with Gasteiger partial charge in [0, 0.05) is 60.5 Å². The maximum Gasteiger partial charge on any atom is 0.0973 e. The van der Waals surface area contributed by atoms with E-state index in [0.29, 0.717) is 0 Å². The van der Waals surface area contributed by atoms with E-state index in [2.05, 4.69) is 196 Å². The average molecular weight is 778 g/mol. The van der Waals surface area contributed by atoms with Crippen molar-refractivity contribution < 1.29 is 0 Å². The smallest absolute Gasteiger partial charge is 0.0973 e. The summed E-state index contributed by atoms with van der Waals surface area (Å²) in [6.45, 7) is 0. The molecule has 0 fully saturated rings. The first-order valence-electron chi connectivity index (χ1n) is 20.8. The monoisotopic (exact) mass is 777 g/mol. The number of benzene rings is 9. The van der Waals surface area contributed by atoms with Crippen LogP contribution in [0.5, 0.6) is 0 Å². The lowest BCUT2D eigenvalue weighted by molar-refractivity contribution is 1.15. The molecule has 4 aromatic heterocycles. The number of rotatable bonds is 5. The van der Waals surface area contributed by atoms with Crippen LogP contribution < -0.4 is 0 Å². The summed E-state index contributed by atoms with van der Waals surface area (Å²) >= 11 is 0. The van der Waals surface area contributed by atoms with Gasteiger partial charge in [-0.2, -0.15) is 0 Å². The summed E-state index contributed by atoms with van der Waals surface area (Å²) in [6, 6.07) is 76.1. The average Bonchev–Trinajstić information content (AvgIpc) is 3.96. The van der Waals surface area contributed by atoms with Crippen LogP contribution in [0.15, 0.2) is 212 Å². The van der Waals surface area contributed by atoms with Gasteiger partial charge < -0.3 is 13.7 Å². The highest BCUT2D eigenvalue weighted by Crippen LogP contribution is 2.42. The van der Waals surface area contributed by atoms with E-state index in [9.17, 15) is 0 Å². The van der Waals surface area contributed by atoms with E-state index in [-0.39, 0.29) is 0 Å². The molecule has 0 aliphatic carbocycles. The summed E-state index contributed by atoms with van der Waals surface area (Å²) < 4.78 is 7.27. The SMILES string of the molecule is c1ccc(-c2nc3ccccc3nc2-c2cccc(-n3c4ccccc4c4cc5c(cc43)c3ccccc3n5-c3ccc4c5ccccc5n(-c5ccccc5)c4c3)c2)cc1. The fraction of sp³-hybridized carbons (Fsp3) is 0.